The molecule has 4 aromatic carbocycles. The summed E-state index contributed by atoms with van der Waals surface area (Å²) in [6, 6.07) is 27.2. The van der Waals surface area contributed by atoms with E-state index in [1.807, 2.05) is 48.5 Å². The fourth-order valence-electron chi connectivity index (χ4n) is 3.31. The molecule has 0 bridgehead atoms. The molecule has 0 heterocycles. The van der Waals surface area contributed by atoms with Gasteiger partial charge in [0.1, 0.15) is 29.8 Å². The van der Waals surface area contributed by atoms with Crippen molar-refractivity contribution in [2.45, 2.75) is 6.61 Å². The molecule has 1 N–H and O–H groups in total. The van der Waals surface area contributed by atoms with E-state index in [0.29, 0.717) is 17.9 Å². The highest BCUT2D eigenvalue weighted by molar-refractivity contribution is 9.10. The van der Waals surface area contributed by atoms with Crippen molar-refractivity contribution in [2.75, 3.05) is 5.32 Å². The van der Waals surface area contributed by atoms with E-state index in [2.05, 4.69) is 27.3 Å². The topological polar surface area (TPSA) is 62.1 Å². The van der Waals surface area contributed by atoms with Gasteiger partial charge >= 0.3 is 0 Å². The summed E-state index contributed by atoms with van der Waals surface area (Å²) in [5, 5.41) is 14.2. The van der Waals surface area contributed by atoms with Crippen LogP contribution in [0.4, 0.5) is 10.1 Å². The minimum atomic E-state index is -0.706. The molecule has 33 heavy (non-hydrogen) atoms. The second-order valence-corrected chi connectivity index (χ2v) is 8.17. The number of hydrogen-bond donors (Lipinski definition) is 1. The zero-order valence-corrected chi connectivity index (χ0v) is 19.0. The van der Waals surface area contributed by atoms with Gasteiger partial charge in [0.2, 0.25) is 0 Å². The number of carbonyl (C=O) groups is 1. The lowest BCUT2D eigenvalue weighted by Gasteiger charge is -2.11. The van der Waals surface area contributed by atoms with Crippen molar-refractivity contribution < 1.29 is 13.9 Å². The number of para-hydroxylation sites is 1. The molecule has 0 fully saturated rings. The molecule has 4 rings (SSSR count). The molecule has 0 aliphatic heterocycles. The number of hydrogen-bond acceptors (Lipinski definition) is 3. The van der Waals surface area contributed by atoms with Crippen LogP contribution in [0.25, 0.3) is 16.8 Å². The highest BCUT2D eigenvalue weighted by Crippen LogP contribution is 2.27. The van der Waals surface area contributed by atoms with Crippen LogP contribution in [0, 0.1) is 17.1 Å². The number of ether oxygens (including phenoxy) is 1. The van der Waals surface area contributed by atoms with Crippen molar-refractivity contribution in [3.8, 4) is 11.8 Å². The third-order valence-corrected chi connectivity index (χ3v) is 5.46. The maximum atomic E-state index is 13.9. The van der Waals surface area contributed by atoms with Gasteiger partial charge in [0.15, 0.2) is 0 Å². The number of nitrogens with zero attached hydrogens (tertiary/aromatic N) is 1. The Balaban J connectivity index is 1.57. The van der Waals surface area contributed by atoms with Gasteiger partial charge in [-0.05, 0) is 58.8 Å². The summed E-state index contributed by atoms with van der Waals surface area (Å²) in [7, 11) is 0. The molecule has 4 aromatic rings. The van der Waals surface area contributed by atoms with Crippen LogP contribution in [0.2, 0.25) is 0 Å². The first kappa shape index (κ1) is 22.3. The number of fused-ring (bicyclic) bond motifs is 1. The van der Waals surface area contributed by atoms with Crippen molar-refractivity contribution in [3.63, 3.8) is 0 Å². The Kier molecular flexibility index (Phi) is 6.82. The third-order valence-electron chi connectivity index (χ3n) is 4.97. The maximum Gasteiger partial charge on any atom is 0.266 e. The first-order valence-corrected chi connectivity index (χ1v) is 10.9. The Morgan fingerprint density at radius 3 is 2.55 bits per heavy atom. The molecule has 0 saturated heterocycles. The first-order chi connectivity index (χ1) is 16.0. The SMILES string of the molecule is N#C/C(=C/c1cc(Br)ccc1OCc1ccc2ccccc2c1)C(=O)Nc1ccccc1F. The Morgan fingerprint density at radius 1 is 1.00 bits per heavy atom. The fraction of sp³-hybridized carbons (Fsp3) is 0.0370. The predicted octanol–water partition coefficient (Wildman–Crippen LogP) is 6.87. The molecular weight excluding hydrogens is 483 g/mol. The maximum absolute atomic E-state index is 13.9. The third kappa shape index (κ3) is 5.46. The van der Waals surface area contributed by atoms with E-state index in [-0.39, 0.29) is 11.3 Å². The lowest BCUT2D eigenvalue weighted by Crippen LogP contribution is -2.14. The zero-order valence-electron chi connectivity index (χ0n) is 17.4. The van der Waals surface area contributed by atoms with Crippen LogP contribution in [0.1, 0.15) is 11.1 Å². The summed E-state index contributed by atoms with van der Waals surface area (Å²) in [4.78, 5) is 12.6. The molecule has 6 heteroatoms. The second-order valence-electron chi connectivity index (χ2n) is 7.26. The molecule has 0 aliphatic carbocycles. The first-order valence-electron chi connectivity index (χ1n) is 10.1. The van der Waals surface area contributed by atoms with Gasteiger partial charge in [-0.15, -0.1) is 0 Å². The number of nitriles is 1. The van der Waals surface area contributed by atoms with E-state index in [4.69, 9.17) is 4.74 Å². The van der Waals surface area contributed by atoms with E-state index < -0.39 is 11.7 Å². The molecule has 0 aromatic heterocycles. The number of carbonyl (C=O) groups excluding carboxylic acids is 1. The smallest absolute Gasteiger partial charge is 0.266 e. The Bertz CT molecular complexity index is 1410. The molecular formula is C27H18BrFN2O2. The Hall–Kier alpha value is -3.95. The van der Waals surface area contributed by atoms with E-state index >= 15 is 0 Å². The van der Waals surface area contributed by atoms with Gasteiger partial charge in [-0.1, -0.05) is 64.5 Å². The minimum Gasteiger partial charge on any atom is -0.488 e. The predicted molar refractivity (Wildman–Crippen MR) is 131 cm³/mol. The van der Waals surface area contributed by atoms with Crippen molar-refractivity contribution in [1.82, 2.24) is 0 Å². The van der Waals surface area contributed by atoms with Crippen LogP contribution in [-0.4, -0.2) is 5.91 Å². The van der Waals surface area contributed by atoms with Crippen LogP contribution in [0.15, 0.2) is 95.0 Å². The fourth-order valence-corrected chi connectivity index (χ4v) is 3.69. The highest BCUT2D eigenvalue weighted by atomic mass is 79.9. The van der Waals surface area contributed by atoms with Gasteiger partial charge in [-0.3, -0.25) is 4.79 Å². The lowest BCUT2D eigenvalue weighted by atomic mass is 10.1. The van der Waals surface area contributed by atoms with Gasteiger partial charge in [0.05, 0.1) is 5.69 Å². The Labute approximate surface area is 199 Å². The van der Waals surface area contributed by atoms with Crippen LogP contribution in [0.5, 0.6) is 5.75 Å². The molecule has 4 nitrogen and oxygen atoms in total. The molecule has 0 atom stereocenters. The number of amides is 1. The van der Waals surface area contributed by atoms with E-state index in [9.17, 15) is 14.4 Å². The molecule has 0 aliphatic rings. The zero-order chi connectivity index (χ0) is 23.2. The number of rotatable bonds is 6. The molecule has 162 valence electrons. The van der Waals surface area contributed by atoms with Crippen molar-refractivity contribution in [1.29, 1.82) is 5.26 Å². The standard InChI is InChI=1S/C27H18BrFN2O2/c28-23-11-12-26(33-17-18-9-10-19-5-1-2-6-20(19)13-18)21(15-23)14-22(16-30)27(32)31-25-8-4-3-7-24(25)29/h1-15H,17H2,(H,31,32)/b22-14-. The number of anilines is 1. The van der Waals surface area contributed by atoms with Gasteiger partial charge in [0.25, 0.3) is 5.91 Å². The van der Waals surface area contributed by atoms with Gasteiger partial charge in [0, 0.05) is 10.0 Å². The lowest BCUT2D eigenvalue weighted by molar-refractivity contribution is -0.112. The monoisotopic (exact) mass is 500 g/mol. The quantitative estimate of drug-likeness (QED) is 0.232. The molecule has 1 amide bonds. The largest absolute Gasteiger partial charge is 0.488 e. The van der Waals surface area contributed by atoms with Gasteiger partial charge in [-0.25, -0.2) is 4.39 Å². The van der Waals surface area contributed by atoms with E-state index in [1.54, 1.807) is 18.2 Å². The molecule has 0 saturated carbocycles. The van der Waals surface area contributed by atoms with Crippen LogP contribution >= 0.6 is 15.9 Å². The molecule has 0 unspecified atom stereocenters. The van der Waals surface area contributed by atoms with Crippen LogP contribution < -0.4 is 10.1 Å². The highest BCUT2D eigenvalue weighted by Gasteiger charge is 2.14. The van der Waals surface area contributed by atoms with Crippen molar-refractivity contribution in [2.24, 2.45) is 0 Å². The summed E-state index contributed by atoms with van der Waals surface area (Å²) in [6.07, 6.45) is 1.43. The van der Waals surface area contributed by atoms with Crippen LogP contribution in [0.3, 0.4) is 0 Å². The second kappa shape index (κ2) is 10.1. The van der Waals surface area contributed by atoms with Crippen molar-refractivity contribution in [3.05, 3.63) is 112 Å². The Morgan fingerprint density at radius 2 is 1.76 bits per heavy atom. The van der Waals surface area contributed by atoms with E-state index in [0.717, 1.165) is 20.8 Å². The molecule has 0 radical (unpaired) electrons. The summed E-state index contributed by atoms with van der Waals surface area (Å²) in [5.41, 5.74) is 1.37. The average molecular weight is 501 g/mol. The normalized spacial score (nSPS) is 11.1. The average Bonchev–Trinajstić information content (AvgIpc) is 2.83. The number of halogens is 2. The summed E-state index contributed by atoms with van der Waals surface area (Å²) in [5.74, 6) is -0.772. The number of benzene rings is 4. The van der Waals surface area contributed by atoms with Crippen molar-refractivity contribution >= 4 is 44.4 Å². The summed E-state index contributed by atoms with van der Waals surface area (Å²) in [6.45, 7) is 0.316. The molecule has 0 spiro atoms. The summed E-state index contributed by atoms with van der Waals surface area (Å²) < 4.78 is 20.7. The van der Waals surface area contributed by atoms with Gasteiger partial charge in [-0.2, -0.15) is 5.26 Å². The van der Waals surface area contributed by atoms with Crippen LogP contribution in [-0.2, 0) is 11.4 Å². The van der Waals surface area contributed by atoms with Gasteiger partial charge < -0.3 is 10.1 Å². The minimum absolute atomic E-state index is 0.00525. The van der Waals surface area contributed by atoms with E-state index in [1.165, 1.54) is 24.3 Å². The number of nitrogens with one attached hydrogen (secondary N) is 1. The summed E-state index contributed by atoms with van der Waals surface area (Å²) >= 11 is 3.41.